The number of benzene rings is 1. The smallest absolute Gasteiger partial charge is 0.0548 e. The minimum Gasteiger partial charge on any atom is -0.313 e. The summed E-state index contributed by atoms with van der Waals surface area (Å²) >= 11 is 9.39. The highest BCUT2D eigenvalue weighted by molar-refractivity contribution is 9.10. The van der Waals surface area contributed by atoms with Crippen LogP contribution in [-0.4, -0.2) is 7.05 Å². The van der Waals surface area contributed by atoms with Crippen LogP contribution in [0, 0.1) is 12.3 Å². The van der Waals surface area contributed by atoms with Crippen molar-refractivity contribution in [3.8, 4) is 12.3 Å². The lowest BCUT2D eigenvalue weighted by Gasteiger charge is -2.16. The minimum absolute atomic E-state index is 0.335. The molecule has 0 saturated heterocycles. The Balaban J connectivity index is 2.71. The first-order valence-electron chi connectivity index (χ1n) is 5.24. The van der Waals surface area contributed by atoms with Crippen LogP contribution >= 0.6 is 27.5 Å². The molecule has 0 amide bonds. The molecule has 0 spiro atoms. The third-order valence-corrected chi connectivity index (χ3v) is 3.72. The fourth-order valence-corrected chi connectivity index (χ4v) is 2.13. The highest BCUT2D eigenvalue weighted by Gasteiger charge is 2.09. The largest absolute Gasteiger partial charge is 0.313 e. The molecule has 1 aromatic rings. The van der Waals surface area contributed by atoms with Gasteiger partial charge in [-0.15, -0.1) is 12.3 Å². The van der Waals surface area contributed by atoms with Crippen molar-refractivity contribution >= 4 is 27.5 Å². The number of terminal acetylenes is 1. The summed E-state index contributed by atoms with van der Waals surface area (Å²) in [5.74, 6) is 2.66. The van der Waals surface area contributed by atoms with E-state index < -0.39 is 0 Å². The zero-order valence-corrected chi connectivity index (χ0v) is 11.6. The van der Waals surface area contributed by atoms with Gasteiger partial charge in [0.15, 0.2) is 0 Å². The summed E-state index contributed by atoms with van der Waals surface area (Å²) in [5, 5.41) is 4.03. The van der Waals surface area contributed by atoms with E-state index in [9.17, 15) is 0 Å². The maximum absolute atomic E-state index is 5.96. The van der Waals surface area contributed by atoms with E-state index in [4.69, 9.17) is 18.0 Å². The summed E-state index contributed by atoms with van der Waals surface area (Å²) in [6.07, 6.45) is 8.14. The number of nitrogens with one attached hydrogen (secondary N) is 1. The standard InChI is InChI=1S/C13H15BrClN/c1-3-4-5-6-13(16-2)10-7-8-12(15)11(14)9-10/h1,7-9,13,16H,4-6H2,2H3. The predicted molar refractivity (Wildman–Crippen MR) is 73.6 cm³/mol. The maximum Gasteiger partial charge on any atom is 0.0548 e. The topological polar surface area (TPSA) is 12.0 Å². The summed E-state index contributed by atoms with van der Waals surface area (Å²) < 4.78 is 0.934. The van der Waals surface area contributed by atoms with Gasteiger partial charge in [-0.1, -0.05) is 17.7 Å². The summed E-state index contributed by atoms with van der Waals surface area (Å²) in [5.41, 5.74) is 1.23. The van der Waals surface area contributed by atoms with E-state index in [1.165, 1.54) is 5.56 Å². The van der Waals surface area contributed by atoms with Crippen LogP contribution in [-0.2, 0) is 0 Å². The second kappa shape index (κ2) is 6.96. The van der Waals surface area contributed by atoms with Crippen molar-refractivity contribution in [3.63, 3.8) is 0 Å². The van der Waals surface area contributed by atoms with E-state index >= 15 is 0 Å². The summed E-state index contributed by atoms with van der Waals surface area (Å²) in [4.78, 5) is 0. The molecule has 16 heavy (non-hydrogen) atoms. The van der Waals surface area contributed by atoms with Crippen LogP contribution in [0.3, 0.4) is 0 Å². The number of unbranched alkanes of at least 4 members (excludes halogenated alkanes) is 1. The molecular formula is C13H15BrClN. The van der Waals surface area contributed by atoms with Crippen LogP contribution in [0.2, 0.25) is 5.02 Å². The van der Waals surface area contributed by atoms with Gasteiger partial charge in [0.1, 0.15) is 0 Å². The second-order valence-corrected chi connectivity index (χ2v) is 4.87. The van der Waals surface area contributed by atoms with Crippen LogP contribution in [0.25, 0.3) is 0 Å². The molecule has 0 radical (unpaired) electrons. The Morgan fingerprint density at radius 2 is 2.31 bits per heavy atom. The van der Waals surface area contributed by atoms with Gasteiger partial charge >= 0.3 is 0 Å². The monoisotopic (exact) mass is 299 g/mol. The van der Waals surface area contributed by atoms with Crippen molar-refractivity contribution < 1.29 is 0 Å². The van der Waals surface area contributed by atoms with Gasteiger partial charge in [0.2, 0.25) is 0 Å². The molecule has 1 nitrogen and oxygen atoms in total. The molecule has 1 unspecified atom stereocenters. The fraction of sp³-hybridized carbons (Fsp3) is 0.385. The Morgan fingerprint density at radius 1 is 1.56 bits per heavy atom. The molecule has 0 aromatic heterocycles. The Hall–Kier alpha value is -0.490. The van der Waals surface area contributed by atoms with Crippen LogP contribution < -0.4 is 5.32 Å². The second-order valence-electron chi connectivity index (χ2n) is 3.61. The third kappa shape index (κ3) is 3.83. The van der Waals surface area contributed by atoms with Gasteiger partial charge < -0.3 is 5.32 Å². The fourth-order valence-electron chi connectivity index (χ4n) is 1.62. The molecular weight excluding hydrogens is 286 g/mol. The zero-order valence-electron chi connectivity index (χ0n) is 9.26. The average Bonchev–Trinajstić information content (AvgIpc) is 2.29. The van der Waals surface area contributed by atoms with Crippen LogP contribution in [0.15, 0.2) is 22.7 Å². The Bertz CT molecular complexity index is 384. The molecule has 86 valence electrons. The van der Waals surface area contributed by atoms with Crippen molar-refractivity contribution in [2.75, 3.05) is 7.05 Å². The van der Waals surface area contributed by atoms with Gasteiger partial charge in [0.05, 0.1) is 5.02 Å². The van der Waals surface area contributed by atoms with E-state index in [0.717, 1.165) is 28.8 Å². The van der Waals surface area contributed by atoms with Gasteiger partial charge in [0.25, 0.3) is 0 Å². The minimum atomic E-state index is 0.335. The van der Waals surface area contributed by atoms with Gasteiger partial charge in [-0.2, -0.15) is 0 Å². The van der Waals surface area contributed by atoms with E-state index in [-0.39, 0.29) is 0 Å². The first-order valence-corrected chi connectivity index (χ1v) is 6.41. The Morgan fingerprint density at radius 3 is 2.88 bits per heavy atom. The molecule has 0 aliphatic rings. The first kappa shape index (κ1) is 13.6. The summed E-state index contributed by atoms with van der Waals surface area (Å²) in [6.45, 7) is 0. The molecule has 0 bridgehead atoms. The van der Waals surface area contributed by atoms with Gasteiger partial charge in [-0.05, 0) is 53.5 Å². The number of rotatable bonds is 5. The van der Waals surface area contributed by atoms with E-state index in [1.54, 1.807) is 0 Å². The normalized spacial score (nSPS) is 12.1. The van der Waals surface area contributed by atoms with Crippen molar-refractivity contribution in [3.05, 3.63) is 33.3 Å². The molecule has 0 heterocycles. The maximum atomic E-state index is 5.96. The lowest BCUT2D eigenvalue weighted by Crippen LogP contribution is -2.16. The summed E-state index contributed by atoms with van der Waals surface area (Å²) in [7, 11) is 1.96. The highest BCUT2D eigenvalue weighted by Crippen LogP contribution is 2.27. The van der Waals surface area contributed by atoms with Crippen LogP contribution in [0.5, 0.6) is 0 Å². The number of halogens is 2. The SMILES string of the molecule is C#CCCCC(NC)c1ccc(Cl)c(Br)c1. The van der Waals surface area contributed by atoms with Crippen molar-refractivity contribution in [2.24, 2.45) is 0 Å². The lowest BCUT2D eigenvalue weighted by atomic mass is 10.0. The highest BCUT2D eigenvalue weighted by atomic mass is 79.9. The van der Waals surface area contributed by atoms with Crippen molar-refractivity contribution in [2.45, 2.75) is 25.3 Å². The van der Waals surface area contributed by atoms with Gasteiger partial charge in [-0.3, -0.25) is 0 Å². The van der Waals surface area contributed by atoms with Crippen molar-refractivity contribution in [1.29, 1.82) is 0 Å². The van der Waals surface area contributed by atoms with Gasteiger partial charge in [-0.25, -0.2) is 0 Å². The van der Waals surface area contributed by atoms with E-state index in [0.29, 0.717) is 6.04 Å². The molecule has 0 saturated carbocycles. The molecule has 1 aromatic carbocycles. The predicted octanol–water partition coefficient (Wildman–Crippen LogP) is 4.17. The van der Waals surface area contributed by atoms with E-state index in [2.05, 4.69) is 33.2 Å². The van der Waals surface area contributed by atoms with Crippen LogP contribution in [0.4, 0.5) is 0 Å². The Kier molecular flexibility index (Phi) is 5.90. The lowest BCUT2D eigenvalue weighted by molar-refractivity contribution is 0.532. The molecule has 1 rings (SSSR count). The molecule has 3 heteroatoms. The van der Waals surface area contributed by atoms with Gasteiger partial charge in [0, 0.05) is 16.9 Å². The molecule has 0 aliphatic carbocycles. The molecule has 0 aliphatic heterocycles. The van der Waals surface area contributed by atoms with E-state index in [1.807, 2.05) is 19.2 Å². The zero-order chi connectivity index (χ0) is 12.0. The number of hydrogen-bond donors (Lipinski definition) is 1. The Labute approximate surface area is 111 Å². The quantitative estimate of drug-likeness (QED) is 0.636. The third-order valence-electron chi connectivity index (χ3n) is 2.51. The first-order chi connectivity index (χ1) is 7.69. The molecule has 1 atom stereocenters. The van der Waals surface area contributed by atoms with Crippen LogP contribution in [0.1, 0.15) is 30.9 Å². The number of hydrogen-bond acceptors (Lipinski definition) is 1. The molecule has 0 fully saturated rings. The summed E-state index contributed by atoms with van der Waals surface area (Å²) in [6, 6.07) is 6.35. The van der Waals surface area contributed by atoms with Crippen molar-refractivity contribution in [1.82, 2.24) is 5.32 Å². The average molecular weight is 301 g/mol. The molecule has 1 N–H and O–H groups in total.